The van der Waals surface area contributed by atoms with E-state index in [0.29, 0.717) is 6.42 Å². The van der Waals surface area contributed by atoms with Gasteiger partial charge in [-0.3, -0.25) is 0 Å². The average Bonchev–Trinajstić information content (AvgIpc) is 2.88. The van der Waals surface area contributed by atoms with Gasteiger partial charge in [0.2, 0.25) is 20.0 Å². The van der Waals surface area contributed by atoms with Crippen molar-refractivity contribution in [3.05, 3.63) is 59.2 Å². The van der Waals surface area contributed by atoms with E-state index in [1.165, 1.54) is 18.2 Å². The van der Waals surface area contributed by atoms with Crippen LogP contribution in [0.5, 0.6) is 0 Å². The van der Waals surface area contributed by atoms with Gasteiger partial charge in [0.15, 0.2) is 0 Å². The van der Waals surface area contributed by atoms with Gasteiger partial charge in [-0.15, -0.1) is 0 Å². The van der Waals surface area contributed by atoms with Gasteiger partial charge < -0.3 is 0 Å². The Kier molecular flexibility index (Phi) is 4.25. The van der Waals surface area contributed by atoms with Crippen LogP contribution >= 0.6 is 0 Å². The highest BCUT2D eigenvalue weighted by Gasteiger charge is 2.28. The lowest BCUT2D eigenvalue weighted by Crippen LogP contribution is -2.27. The van der Waals surface area contributed by atoms with Crippen molar-refractivity contribution in [1.82, 2.24) is 4.72 Å². The van der Waals surface area contributed by atoms with Gasteiger partial charge >= 0.3 is 0 Å². The minimum Gasteiger partial charge on any atom is -0.225 e. The number of rotatable bonds is 4. The molecule has 0 fully saturated rings. The van der Waals surface area contributed by atoms with Gasteiger partial charge in [0, 0.05) is 6.04 Å². The van der Waals surface area contributed by atoms with E-state index in [0.717, 1.165) is 29.2 Å². The summed E-state index contributed by atoms with van der Waals surface area (Å²) in [5.74, 6) is 0. The highest BCUT2D eigenvalue weighted by Crippen LogP contribution is 2.33. The molecule has 0 amide bonds. The molecule has 0 aromatic heterocycles. The predicted molar refractivity (Wildman–Crippen MR) is 90.4 cm³/mol. The summed E-state index contributed by atoms with van der Waals surface area (Å²) in [7, 11) is -7.81. The average molecular weight is 366 g/mol. The van der Waals surface area contributed by atoms with Crippen molar-refractivity contribution in [2.75, 3.05) is 0 Å². The van der Waals surface area contributed by atoms with Gasteiger partial charge in [-0.25, -0.2) is 26.7 Å². The van der Waals surface area contributed by atoms with Crippen LogP contribution in [0.3, 0.4) is 0 Å². The summed E-state index contributed by atoms with van der Waals surface area (Å²) >= 11 is 0. The Morgan fingerprint density at radius 3 is 2.46 bits per heavy atom. The van der Waals surface area contributed by atoms with Crippen LogP contribution in [0.2, 0.25) is 0 Å². The maximum Gasteiger partial charge on any atom is 0.241 e. The Labute approximate surface area is 141 Å². The van der Waals surface area contributed by atoms with Gasteiger partial charge in [-0.2, -0.15) is 0 Å². The molecule has 0 radical (unpaired) electrons. The molecule has 128 valence electrons. The van der Waals surface area contributed by atoms with E-state index in [-0.39, 0.29) is 15.8 Å². The van der Waals surface area contributed by atoms with Crippen molar-refractivity contribution in [2.24, 2.45) is 5.14 Å². The Bertz CT molecular complexity index is 998. The number of hydrogen-bond donors (Lipinski definition) is 2. The van der Waals surface area contributed by atoms with Gasteiger partial charge in [0.05, 0.1) is 9.79 Å². The molecule has 1 aliphatic rings. The lowest BCUT2D eigenvalue weighted by Gasteiger charge is -2.15. The summed E-state index contributed by atoms with van der Waals surface area (Å²) in [6, 6.07) is 10.7. The normalized spacial score (nSPS) is 17.7. The van der Waals surface area contributed by atoms with E-state index >= 15 is 0 Å². The van der Waals surface area contributed by atoms with E-state index in [2.05, 4.69) is 10.8 Å². The molecule has 0 heterocycles. The smallest absolute Gasteiger partial charge is 0.225 e. The molecule has 8 heteroatoms. The number of nitrogens with one attached hydrogen (secondary N) is 1. The third-order valence-electron chi connectivity index (χ3n) is 4.12. The van der Waals surface area contributed by atoms with E-state index in [4.69, 9.17) is 5.14 Å². The number of nitrogens with two attached hydrogens (primary N) is 1. The van der Waals surface area contributed by atoms with Crippen LogP contribution in [0, 0.1) is 6.92 Å². The molecule has 0 saturated heterocycles. The molecule has 0 aliphatic heterocycles. The Morgan fingerprint density at radius 2 is 1.75 bits per heavy atom. The number of fused-ring (bicyclic) bond motifs is 1. The zero-order valence-corrected chi connectivity index (χ0v) is 14.7. The molecule has 3 N–H and O–H groups in total. The predicted octanol–water partition coefficient (Wildman–Crippen LogP) is 1.61. The van der Waals surface area contributed by atoms with Gasteiger partial charge in [-0.1, -0.05) is 29.8 Å². The molecule has 1 unspecified atom stereocenters. The van der Waals surface area contributed by atoms with Crippen LogP contribution in [0.1, 0.15) is 29.2 Å². The molecular weight excluding hydrogens is 348 g/mol. The zero-order valence-electron chi connectivity index (χ0n) is 13.1. The standard InChI is InChI=1S/C16H18N2O4S2/c1-11-5-7-15-12(9-11)6-8-16(15)18-24(21,22)14-4-2-3-13(10-14)23(17,19)20/h2-5,7,9-10,16,18H,6,8H2,1H3,(H2,17,19,20). The van der Waals surface area contributed by atoms with E-state index in [1.54, 1.807) is 0 Å². The highest BCUT2D eigenvalue weighted by atomic mass is 32.2. The summed E-state index contributed by atoms with van der Waals surface area (Å²) in [5.41, 5.74) is 3.24. The first-order valence-electron chi connectivity index (χ1n) is 7.41. The topological polar surface area (TPSA) is 106 Å². The molecule has 2 aromatic carbocycles. The fraction of sp³-hybridized carbons (Fsp3) is 0.250. The minimum absolute atomic E-state index is 0.116. The zero-order chi connectivity index (χ0) is 17.5. The van der Waals surface area contributed by atoms with Crippen molar-refractivity contribution in [1.29, 1.82) is 0 Å². The van der Waals surface area contributed by atoms with E-state index in [9.17, 15) is 16.8 Å². The number of benzene rings is 2. The molecular formula is C16H18N2O4S2. The molecule has 3 rings (SSSR count). The van der Waals surface area contributed by atoms with Crippen molar-refractivity contribution >= 4 is 20.0 Å². The van der Waals surface area contributed by atoms with Gasteiger partial charge in [-0.05, 0) is 49.1 Å². The number of primary sulfonamides is 1. The molecule has 24 heavy (non-hydrogen) atoms. The molecule has 1 atom stereocenters. The van der Waals surface area contributed by atoms with Crippen LogP contribution in [0.4, 0.5) is 0 Å². The fourth-order valence-corrected chi connectivity index (χ4v) is 4.87. The maximum absolute atomic E-state index is 12.6. The molecule has 0 saturated carbocycles. The summed E-state index contributed by atoms with van der Waals surface area (Å²) in [5, 5.41) is 5.07. The van der Waals surface area contributed by atoms with Crippen LogP contribution in [0.15, 0.2) is 52.3 Å². The second-order valence-corrected chi connectivity index (χ2v) is 9.21. The monoisotopic (exact) mass is 366 g/mol. The van der Waals surface area contributed by atoms with Gasteiger partial charge in [0.1, 0.15) is 0 Å². The first-order chi connectivity index (χ1) is 11.2. The lowest BCUT2D eigenvalue weighted by molar-refractivity contribution is 0.554. The van der Waals surface area contributed by atoms with Crippen LogP contribution in [-0.2, 0) is 26.5 Å². The number of hydrogen-bond acceptors (Lipinski definition) is 4. The summed E-state index contributed by atoms with van der Waals surface area (Å²) < 4.78 is 50.7. The van der Waals surface area contributed by atoms with Crippen LogP contribution < -0.4 is 9.86 Å². The lowest BCUT2D eigenvalue weighted by atomic mass is 10.1. The van der Waals surface area contributed by atoms with Crippen molar-refractivity contribution in [3.63, 3.8) is 0 Å². The first-order valence-corrected chi connectivity index (χ1v) is 10.4. The highest BCUT2D eigenvalue weighted by molar-refractivity contribution is 7.90. The van der Waals surface area contributed by atoms with Crippen molar-refractivity contribution in [3.8, 4) is 0 Å². The fourth-order valence-electron chi connectivity index (χ4n) is 2.94. The Hall–Kier alpha value is -1.74. The second-order valence-electron chi connectivity index (χ2n) is 5.93. The summed E-state index contributed by atoms with van der Waals surface area (Å²) in [6.45, 7) is 2.00. The van der Waals surface area contributed by atoms with Crippen LogP contribution in [0.25, 0.3) is 0 Å². The third kappa shape index (κ3) is 3.36. The summed E-state index contributed by atoms with van der Waals surface area (Å²) in [6.07, 6.45) is 1.48. The van der Waals surface area contributed by atoms with Crippen molar-refractivity contribution in [2.45, 2.75) is 35.6 Å². The van der Waals surface area contributed by atoms with E-state index in [1.807, 2.05) is 19.1 Å². The number of aryl methyl sites for hydroxylation is 2. The van der Waals surface area contributed by atoms with Gasteiger partial charge in [0.25, 0.3) is 0 Å². The largest absolute Gasteiger partial charge is 0.241 e. The molecule has 2 aromatic rings. The molecule has 0 bridgehead atoms. The molecule has 6 nitrogen and oxygen atoms in total. The second kappa shape index (κ2) is 5.96. The quantitative estimate of drug-likeness (QED) is 0.857. The Morgan fingerprint density at radius 1 is 1.04 bits per heavy atom. The van der Waals surface area contributed by atoms with Crippen molar-refractivity contribution < 1.29 is 16.8 Å². The maximum atomic E-state index is 12.6. The van der Waals surface area contributed by atoms with Crippen LogP contribution in [-0.4, -0.2) is 16.8 Å². The first kappa shape index (κ1) is 17.1. The molecule has 1 aliphatic carbocycles. The number of sulfonamides is 2. The SMILES string of the molecule is Cc1ccc2c(c1)CCC2NS(=O)(=O)c1cccc(S(N)(=O)=O)c1. The third-order valence-corrected chi connectivity index (χ3v) is 6.50. The molecule has 0 spiro atoms. The minimum atomic E-state index is -3.96. The Balaban J connectivity index is 1.91. The summed E-state index contributed by atoms with van der Waals surface area (Å²) in [4.78, 5) is -0.345. The van der Waals surface area contributed by atoms with E-state index < -0.39 is 20.0 Å².